The summed E-state index contributed by atoms with van der Waals surface area (Å²) in [6.45, 7) is 2.14. The van der Waals surface area contributed by atoms with Crippen molar-refractivity contribution in [2.45, 2.75) is 128 Å². The van der Waals surface area contributed by atoms with Crippen LogP contribution in [0, 0.1) is 17.8 Å². The Morgan fingerprint density at radius 2 is 1.11 bits per heavy atom. The fourth-order valence-electron chi connectivity index (χ4n) is 7.16. The lowest BCUT2D eigenvalue weighted by Crippen LogP contribution is -2.17. The molecule has 204 valence electrons. The molecule has 0 spiro atoms. The summed E-state index contributed by atoms with van der Waals surface area (Å²) in [7, 11) is 0. The molecule has 0 radical (unpaired) electrons. The van der Waals surface area contributed by atoms with Gasteiger partial charge in [0.15, 0.2) is 0 Å². The summed E-state index contributed by atoms with van der Waals surface area (Å²) in [4.78, 5) is 0. The van der Waals surface area contributed by atoms with Gasteiger partial charge in [0, 0.05) is 0 Å². The molecular weight excluding hydrogens is 451 g/mol. The minimum Gasteiger partial charge on any atom is -0.251 e. The Bertz CT molecular complexity index is 851. The number of hydrogen-bond acceptors (Lipinski definition) is 0. The predicted octanol–water partition coefficient (Wildman–Crippen LogP) is 11.5. The third kappa shape index (κ3) is 9.26. The zero-order chi connectivity index (χ0) is 25.7. The first-order valence-electron chi connectivity index (χ1n) is 16.0. The second-order valence-corrected chi connectivity index (χ2v) is 12.5. The molecule has 0 N–H and O–H groups in total. The van der Waals surface area contributed by atoms with Gasteiger partial charge >= 0.3 is 0 Å². The van der Waals surface area contributed by atoms with Gasteiger partial charge in [-0.15, -0.1) is 0 Å². The zero-order valence-corrected chi connectivity index (χ0v) is 23.7. The monoisotopic (exact) mass is 504 g/mol. The minimum atomic E-state index is -0.130. The molecule has 0 heterocycles. The van der Waals surface area contributed by atoms with Crippen molar-refractivity contribution in [1.29, 1.82) is 0 Å². The van der Waals surface area contributed by atoms with Gasteiger partial charge in [0.25, 0.3) is 0 Å². The molecule has 4 rings (SSSR count). The lowest BCUT2D eigenvalue weighted by atomic mass is 9.74. The van der Waals surface area contributed by atoms with Crippen LogP contribution in [0.2, 0.25) is 0 Å². The predicted molar refractivity (Wildman–Crippen MR) is 159 cm³/mol. The first kappa shape index (κ1) is 28.4. The van der Waals surface area contributed by atoms with Crippen molar-refractivity contribution >= 4 is 0 Å². The van der Waals surface area contributed by atoms with E-state index in [0.29, 0.717) is 0 Å². The van der Waals surface area contributed by atoms with Crippen molar-refractivity contribution in [3.05, 3.63) is 59.7 Å². The zero-order valence-electron chi connectivity index (χ0n) is 23.7. The molecule has 0 atom stereocenters. The Morgan fingerprint density at radius 3 is 1.68 bits per heavy atom. The van der Waals surface area contributed by atoms with Crippen molar-refractivity contribution in [2.24, 2.45) is 17.8 Å². The first-order valence-corrected chi connectivity index (χ1v) is 16.0. The Kier molecular flexibility index (Phi) is 12.0. The summed E-state index contributed by atoms with van der Waals surface area (Å²) in [5.41, 5.74) is 5.73. The van der Waals surface area contributed by atoms with E-state index in [1.54, 1.807) is 5.56 Å². The molecule has 2 saturated carbocycles. The highest BCUT2D eigenvalue weighted by Crippen LogP contribution is 2.40. The van der Waals surface area contributed by atoms with E-state index in [2.05, 4.69) is 55.5 Å². The van der Waals surface area contributed by atoms with E-state index in [9.17, 15) is 4.39 Å². The van der Waals surface area contributed by atoms with Gasteiger partial charge in [-0.25, -0.2) is 0 Å². The number of alkyl halides is 1. The molecular formula is C36H53F. The van der Waals surface area contributed by atoms with Crippen molar-refractivity contribution in [3.8, 4) is 11.1 Å². The smallest absolute Gasteiger partial charge is 0.0894 e. The molecule has 0 aromatic heterocycles. The van der Waals surface area contributed by atoms with E-state index < -0.39 is 0 Å². The maximum Gasteiger partial charge on any atom is 0.0894 e. The Labute approximate surface area is 227 Å². The van der Waals surface area contributed by atoms with Crippen LogP contribution in [0.15, 0.2) is 48.5 Å². The number of unbranched alkanes of at least 4 members (excludes halogenated alkanes) is 4. The fourth-order valence-corrected chi connectivity index (χ4v) is 7.16. The highest BCUT2D eigenvalue weighted by atomic mass is 19.1. The van der Waals surface area contributed by atoms with Crippen molar-refractivity contribution in [3.63, 3.8) is 0 Å². The van der Waals surface area contributed by atoms with E-state index in [0.717, 1.165) is 36.5 Å². The SMILES string of the molecule is CCCCCc1ccc(-c2ccc(C3CCC(CCC4CCC(CCCCCF)CC4)CC3)cc2)cc1. The van der Waals surface area contributed by atoms with Crippen LogP contribution in [-0.4, -0.2) is 6.67 Å². The van der Waals surface area contributed by atoms with Gasteiger partial charge in [-0.3, -0.25) is 4.39 Å². The van der Waals surface area contributed by atoms with Crippen LogP contribution >= 0.6 is 0 Å². The number of hydrogen-bond donors (Lipinski definition) is 0. The summed E-state index contributed by atoms with van der Waals surface area (Å²) in [6.07, 6.45) is 23.9. The number of aryl methyl sites for hydroxylation is 1. The second-order valence-electron chi connectivity index (χ2n) is 12.5. The molecule has 0 amide bonds. The summed E-state index contributed by atoms with van der Waals surface area (Å²) in [5.74, 6) is 3.65. The number of rotatable bonds is 14. The molecule has 37 heavy (non-hydrogen) atoms. The molecule has 2 aliphatic carbocycles. The van der Waals surface area contributed by atoms with E-state index in [4.69, 9.17) is 0 Å². The molecule has 2 aromatic carbocycles. The maximum atomic E-state index is 12.3. The van der Waals surface area contributed by atoms with Crippen molar-refractivity contribution < 1.29 is 4.39 Å². The molecule has 0 nitrogen and oxygen atoms in total. The maximum absolute atomic E-state index is 12.3. The van der Waals surface area contributed by atoms with E-state index in [1.165, 1.54) is 119 Å². The third-order valence-corrected chi connectivity index (χ3v) is 9.78. The Morgan fingerprint density at radius 1 is 0.568 bits per heavy atom. The van der Waals surface area contributed by atoms with E-state index in [1.807, 2.05) is 0 Å². The van der Waals surface area contributed by atoms with Gasteiger partial charge < -0.3 is 0 Å². The van der Waals surface area contributed by atoms with Crippen LogP contribution in [0.1, 0.15) is 133 Å². The highest BCUT2D eigenvalue weighted by molar-refractivity contribution is 5.64. The van der Waals surface area contributed by atoms with Crippen LogP contribution in [0.3, 0.4) is 0 Å². The van der Waals surface area contributed by atoms with Crippen LogP contribution in [0.25, 0.3) is 11.1 Å². The molecule has 1 heteroatoms. The quantitative estimate of drug-likeness (QED) is 0.224. The molecule has 0 bridgehead atoms. The average Bonchev–Trinajstić information content (AvgIpc) is 2.96. The lowest BCUT2D eigenvalue weighted by Gasteiger charge is -2.32. The van der Waals surface area contributed by atoms with Gasteiger partial charge in [0.1, 0.15) is 0 Å². The molecule has 0 aliphatic heterocycles. The van der Waals surface area contributed by atoms with Crippen LogP contribution in [0.5, 0.6) is 0 Å². The largest absolute Gasteiger partial charge is 0.251 e. The summed E-state index contributed by atoms with van der Waals surface area (Å²) in [5, 5.41) is 0. The number of benzene rings is 2. The van der Waals surface area contributed by atoms with Crippen molar-refractivity contribution in [2.75, 3.05) is 6.67 Å². The third-order valence-electron chi connectivity index (χ3n) is 9.78. The second kappa shape index (κ2) is 15.7. The lowest BCUT2D eigenvalue weighted by molar-refractivity contribution is 0.222. The Balaban J connectivity index is 1.14. The van der Waals surface area contributed by atoms with Gasteiger partial charge in [-0.1, -0.05) is 126 Å². The summed E-state index contributed by atoms with van der Waals surface area (Å²) in [6, 6.07) is 18.8. The van der Waals surface area contributed by atoms with Gasteiger partial charge in [0.05, 0.1) is 6.67 Å². The molecule has 2 aliphatic rings. The first-order chi connectivity index (χ1) is 18.2. The highest BCUT2D eigenvalue weighted by Gasteiger charge is 2.25. The van der Waals surface area contributed by atoms with Crippen LogP contribution in [0.4, 0.5) is 4.39 Å². The standard InChI is InChI=1S/C36H53F/c1-2-3-5-8-30-16-20-33(21-17-30)35-24-26-36(27-25-35)34-22-18-32(19-23-34)15-14-31-12-10-29(11-13-31)9-6-4-7-28-37/h16-17,20-21,24-27,29,31-32,34H,2-15,18-19,22-23,28H2,1H3. The summed E-state index contributed by atoms with van der Waals surface area (Å²) >= 11 is 0. The average molecular weight is 505 g/mol. The molecule has 0 saturated heterocycles. The van der Waals surface area contributed by atoms with Gasteiger partial charge in [-0.2, -0.15) is 0 Å². The van der Waals surface area contributed by atoms with Crippen molar-refractivity contribution in [1.82, 2.24) is 0 Å². The Hall–Kier alpha value is -1.63. The summed E-state index contributed by atoms with van der Waals surface area (Å²) < 4.78 is 12.3. The van der Waals surface area contributed by atoms with E-state index >= 15 is 0 Å². The fraction of sp³-hybridized carbons (Fsp3) is 0.667. The minimum absolute atomic E-state index is 0.130. The van der Waals surface area contributed by atoms with Crippen LogP contribution < -0.4 is 0 Å². The number of halogens is 1. The molecule has 0 unspecified atom stereocenters. The van der Waals surface area contributed by atoms with E-state index in [-0.39, 0.29) is 6.67 Å². The van der Waals surface area contributed by atoms with Crippen LogP contribution in [-0.2, 0) is 6.42 Å². The topological polar surface area (TPSA) is 0 Å². The van der Waals surface area contributed by atoms with Gasteiger partial charge in [0.2, 0.25) is 0 Å². The normalized spacial score (nSPS) is 24.3. The molecule has 2 fully saturated rings. The molecule has 2 aromatic rings. The van der Waals surface area contributed by atoms with Gasteiger partial charge in [-0.05, 0) is 90.9 Å².